The van der Waals surface area contributed by atoms with Crippen LogP contribution < -0.4 is 5.32 Å². The number of carbonyl (C=O) groups is 1. The maximum atomic E-state index is 12.9. The van der Waals surface area contributed by atoms with Gasteiger partial charge in [-0.3, -0.25) is 14.9 Å². The van der Waals surface area contributed by atoms with Gasteiger partial charge in [0, 0.05) is 34.5 Å². The number of nitro benzene ring substituents is 1. The number of carbonyl (C=O) groups excluding carboxylic acids is 1. The maximum Gasteiger partial charge on any atom is 0.311 e. The molecule has 5 rings (SSSR count). The first-order valence-electron chi connectivity index (χ1n) is 10.3. The molecule has 0 fully saturated rings. The number of hydrogen-bond donors (Lipinski definition) is 2. The average molecular weight is 484 g/mol. The van der Waals surface area contributed by atoms with Gasteiger partial charge in [0.15, 0.2) is 11.5 Å². The summed E-state index contributed by atoms with van der Waals surface area (Å²) in [5, 5.41) is 30.3. The normalized spacial score (nSPS) is 17.4. The van der Waals surface area contributed by atoms with Gasteiger partial charge in [0.1, 0.15) is 6.04 Å². The summed E-state index contributed by atoms with van der Waals surface area (Å²) in [5.74, 6) is 0.559. The van der Waals surface area contributed by atoms with Crippen LogP contribution in [0.5, 0.6) is 5.75 Å². The van der Waals surface area contributed by atoms with Crippen LogP contribution in [0.25, 0.3) is 0 Å². The summed E-state index contributed by atoms with van der Waals surface area (Å²) >= 11 is 7.66. The van der Waals surface area contributed by atoms with Gasteiger partial charge < -0.3 is 10.4 Å². The Hall–Kier alpha value is -3.37. The highest BCUT2D eigenvalue weighted by atomic mass is 35.5. The molecule has 1 aliphatic carbocycles. The number of nitro groups is 1. The Morgan fingerprint density at radius 3 is 2.88 bits per heavy atom. The summed E-state index contributed by atoms with van der Waals surface area (Å²) in [4.78, 5) is 28.3. The minimum absolute atomic E-state index is 0.0316. The molecule has 1 atom stereocenters. The Bertz CT molecular complexity index is 1320. The van der Waals surface area contributed by atoms with Gasteiger partial charge in [0.05, 0.1) is 4.92 Å². The number of nitrogens with zero attached hydrogens (tertiary/aromatic N) is 4. The highest BCUT2D eigenvalue weighted by Crippen LogP contribution is 2.42. The number of Topliss-reactive ketones (excluding diaryl/α,β-unsaturated/α-hetero) is 1. The van der Waals surface area contributed by atoms with Crippen molar-refractivity contribution in [2.45, 2.75) is 36.2 Å². The van der Waals surface area contributed by atoms with Gasteiger partial charge in [-0.25, -0.2) is 4.68 Å². The number of phenols is 1. The van der Waals surface area contributed by atoms with E-state index < -0.39 is 22.4 Å². The predicted octanol–water partition coefficient (Wildman–Crippen LogP) is 4.86. The van der Waals surface area contributed by atoms with Crippen molar-refractivity contribution in [2.24, 2.45) is 0 Å². The second kappa shape index (κ2) is 8.53. The van der Waals surface area contributed by atoms with Crippen LogP contribution in [0.2, 0.25) is 5.02 Å². The molecule has 1 unspecified atom stereocenters. The number of nitrogens with one attached hydrogen (secondary N) is 1. The molecule has 0 amide bonds. The third-order valence-corrected chi connectivity index (χ3v) is 6.93. The Kier molecular flexibility index (Phi) is 5.55. The van der Waals surface area contributed by atoms with Gasteiger partial charge >= 0.3 is 5.69 Å². The molecule has 2 aliphatic rings. The number of anilines is 1. The van der Waals surface area contributed by atoms with Gasteiger partial charge in [-0.15, -0.1) is 5.10 Å². The molecule has 0 bridgehead atoms. The summed E-state index contributed by atoms with van der Waals surface area (Å²) < 4.78 is 1.59. The Labute approximate surface area is 197 Å². The van der Waals surface area contributed by atoms with Crippen LogP contribution in [0.3, 0.4) is 0 Å². The van der Waals surface area contributed by atoms with Crippen molar-refractivity contribution >= 4 is 40.8 Å². The van der Waals surface area contributed by atoms with Crippen molar-refractivity contribution in [2.75, 3.05) is 5.32 Å². The lowest BCUT2D eigenvalue weighted by molar-refractivity contribution is -0.385. The molecule has 1 aromatic heterocycles. The van der Waals surface area contributed by atoms with Crippen molar-refractivity contribution < 1.29 is 14.8 Å². The largest absolute Gasteiger partial charge is 0.502 e. The molecular formula is C22H18ClN5O4S. The number of fused-ring (bicyclic) bond motifs is 1. The first-order valence-corrected chi connectivity index (χ1v) is 11.6. The molecule has 0 spiro atoms. The van der Waals surface area contributed by atoms with E-state index in [4.69, 9.17) is 11.6 Å². The molecule has 168 valence electrons. The predicted molar refractivity (Wildman–Crippen MR) is 123 cm³/mol. The summed E-state index contributed by atoms with van der Waals surface area (Å²) in [6, 6.07) is 11.0. The number of aromatic nitrogens is 3. The fourth-order valence-corrected chi connectivity index (χ4v) is 5.24. The van der Waals surface area contributed by atoms with Crippen molar-refractivity contribution in [3.05, 3.63) is 80.0 Å². The fourth-order valence-electron chi connectivity index (χ4n) is 4.12. The molecule has 0 radical (unpaired) electrons. The van der Waals surface area contributed by atoms with Gasteiger partial charge in [-0.1, -0.05) is 47.6 Å². The molecular weight excluding hydrogens is 466 g/mol. The molecule has 11 heteroatoms. The van der Waals surface area contributed by atoms with Gasteiger partial charge in [0.25, 0.3) is 0 Å². The Balaban J connectivity index is 1.55. The number of thioether (sulfide) groups is 1. The van der Waals surface area contributed by atoms with E-state index in [2.05, 4.69) is 15.4 Å². The molecule has 1 aliphatic heterocycles. The highest BCUT2D eigenvalue weighted by molar-refractivity contribution is 7.98. The molecule has 33 heavy (non-hydrogen) atoms. The van der Waals surface area contributed by atoms with Crippen molar-refractivity contribution in [1.82, 2.24) is 14.8 Å². The third-order valence-electron chi connectivity index (χ3n) is 5.68. The first-order chi connectivity index (χ1) is 15.9. The van der Waals surface area contributed by atoms with E-state index in [9.17, 15) is 20.0 Å². The zero-order chi connectivity index (χ0) is 23.1. The van der Waals surface area contributed by atoms with Gasteiger partial charge in [-0.05, 0) is 36.1 Å². The molecule has 3 aromatic rings. The van der Waals surface area contributed by atoms with E-state index in [0.717, 1.165) is 17.7 Å². The monoisotopic (exact) mass is 483 g/mol. The average Bonchev–Trinajstić information content (AvgIpc) is 3.20. The number of ketones is 1. The number of allylic oxidation sites excluding steroid dienone is 2. The van der Waals surface area contributed by atoms with Crippen LogP contribution in [0.4, 0.5) is 11.6 Å². The van der Waals surface area contributed by atoms with Crippen molar-refractivity contribution in [3.63, 3.8) is 0 Å². The minimum atomic E-state index is -0.675. The Morgan fingerprint density at radius 1 is 1.27 bits per heavy atom. The third kappa shape index (κ3) is 3.96. The van der Waals surface area contributed by atoms with Crippen LogP contribution in [0.1, 0.15) is 36.4 Å². The van der Waals surface area contributed by atoms with Crippen molar-refractivity contribution in [3.8, 4) is 5.75 Å². The molecule has 2 aromatic carbocycles. The van der Waals surface area contributed by atoms with E-state index in [0.29, 0.717) is 45.9 Å². The molecule has 2 heterocycles. The van der Waals surface area contributed by atoms with E-state index in [-0.39, 0.29) is 5.78 Å². The number of rotatable bonds is 5. The van der Waals surface area contributed by atoms with Gasteiger partial charge in [-0.2, -0.15) is 4.98 Å². The fraction of sp³-hybridized carbons (Fsp3) is 0.227. The Morgan fingerprint density at radius 2 is 2.09 bits per heavy atom. The topological polar surface area (TPSA) is 123 Å². The van der Waals surface area contributed by atoms with Gasteiger partial charge in [0.2, 0.25) is 11.1 Å². The summed E-state index contributed by atoms with van der Waals surface area (Å²) in [6.45, 7) is 0. The molecule has 9 nitrogen and oxygen atoms in total. The minimum Gasteiger partial charge on any atom is -0.502 e. The number of benzene rings is 2. The van der Waals surface area contributed by atoms with Crippen LogP contribution in [-0.2, 0) is 10.5 Å². The highest BCUT2D eigenvalue weighted by Gasteiger charge is 2.37. The lowest BCUT2D eigenvalue weighted by atomic mass is 9.85. The first kappa shape index (κ1) is 21.5. The SMILES string of the molecule is O=C1CCCC2=C1C(c1ccc(O)c([N+](=O)[O-])c1)n1nc(SCc3ccccc3Cl)nc1N2. The van der Waals surface area contributed by atoms with E-state index in [1.54, 1.807) is 10.7 Å². The maximum absolute atomic E-state index is 12.9. The zero-order valence-corrected chi connectivity index (χ0v) is 18.8. The smallest absolute Gasteiger partial charge is 0.311 e. The molecule has 0 saturated heterocycles. The molecule has 0 saturated carbocycles. The van der Waals surface area contributed by atoms with E-state index in [1.165, 1.54) is 23.9 Å². The zero-order valence-electron chi connectivity index (χ0n) is 17.2. The standard InChI is InChI=1S/C22H18ClN5O4S/c23-14-5-2-1-4-13(14)11-33-22-25-21-24-15-6-3-7-18(30)19(15)20(27(21)26-22)12-8-9-17(29)16(10-12)28(31)32/h1-2,4-5,8-10,20,29H,3,6-7,11H2,(H,24,25,26). The second-order valence-corrected chi connectivity index (χ2v) is 9.09. The number of phenolic OH excluding ortho intramolecular Hbond substituents is 1. The van der Waals surface area contributed by atoms with Crippen LogP contribution >= 0.6 is 23.4 Å². The molecule has 2 N–H and O–H groups in total. The number of halogens is 1. The summed E-state index contributed by atoms with van der Waals surface area (Å²) in [5.41, 5.74) is 2.29. The van der Waals surface area contributed by atoms with Crippen LogP contribution in [0, 0.1) is 10.1 Å². The summed E-state index contributed by atoms with van der Waals surface area (Å²) in [7, 11) is 0. The summed E-state index contributed by atoms with van der Waals surface area (Å²) in [6.07, 6.45) is 1.79. The van der Waals surface area contributed by atoms with Crippen LogP contribution in [0.15, 0.2) is 58.9 Å². The van der Waals surface area contributed by atoms with Crippen molar-refractivity contribution in [1.29, 1.82) is 0 Å². The van der Waals surface area contributed by atoms with E-state index in [1.807, 2.05) is 24.3 Å². The van der Waals surface area contributed by atoms with Crippen LogP contribution in [-0.4, -0.2) is 30.6 Å². The quantitative estimate of drug-likeness (QED) is 0.299. The lowest BCUT2D eigenvalue weighted by Crippen LogP contribution is -2.31. The number of hydrogen-bond acceptors (Lipinski definition) is 8. The lowest BCUT2D eigenvalue weighted by Gasteiger charge is -2.32. The van der Waals surface area contributed by atoms with E-state index >= 15 is 0 Å². The second-order valence-electron chi connectivity index (χ2n) is 7.74. The number of aromatic hydroxyl groups is 1.